The summed E-state index contributed by atoms with van der Waals surface area (Å²) >= 11 is 0. The molecule has 0 unspecified atom stereocenters. The lowest BCUT2D eigenvalue weighted by atomic mass is 9.89. The Hall–Kier alpha value is -2.49. The SMILES string of the molecule is CC(=CC1=CC(=O)c2ccccc2C1=O)C(=O)O. The number of carbonyl (C=O) groups excluding carboxylic acids is 2. The van der Waals surface area contributed by atoms with Crippen molar-refractivity contribution in [2.45, 2.75) is 6.92 Å². The van der Waals surface area contributed by atoms with E-state index in [4.69, 9.17) is 5.11 Å². The molecule has 0 atom stereocenters. The largest absolute Gasteiger partial charge is 0.478 e. The Labute approximate surface area is 103 Å². The van der Waals surface area contributed by atoms with Gasteiger partial charge >= 0.3 is 5.97 Å². The molecule has 18 heavy (non-hydrogen) atoms. The molecule has 90 valence electrons. The van der Waals surface area contributed by atoms with Gasteiger partial charge in [-0.05, 0) is 19.1 Å². The van der Waals surface area contributed by atoms with Crippen LogP contribution >= 0.6 is 0 Å². The van der Waals surface area contributed by atoms with Crippen LogP contribution in [-0.4, -0.2) is 22.6 Å². The molecular formula is C14H10O4. The molecule has 0 amide bonds. The van der Waals surface area contributed by atoms with Gasteiger partial charge in [-0.15, -0.1) is 0 Å². The molecule has 0 heterocycles. The second-order valence-corrected chi connectivity index (χ2v) is 3.97. The number of benzene rings is 1. The van der Waals surface area contributed by atoms with Gasteiger partial charge in [0.1, 0.15) is 0 Å². The minimum atomic E-state index is -1.12. The maximum absolute atomic E-state index is 12.1. The summed E-state index contributed by atoms with van der Waals surface area (Å²) in [6, 6.07) is 6.49. The molecule has 4 nitrogen and oxygen atoms in total. The lowest BCUT2D eigenvalue weighted by molar-refractivity contribution is -0.132. The highest BCUT2D eigenvalue weighted by atomic mass is 16.4. The Morgan fingerprint density at radius 1 is 1.17 bits per heavy atom. The number of fused-ring (bicyclic) bond motifs is 1. The smallest absolute Gasteiger partial charge is 0.331 e. The van der Waals surface area contributed by atoms with Crippen molar-refractivity contribution < 1.29 is 19.5 Å². The van der Waals surface area contributed by atoms with E-state index in [1.54, 1.807) is 24.3 Å². The van der Waals surface area contributed by atoms with Gasteiger partial charge in [0.25, 0.3) is 0 Å². The van der Waals surface area contributed by atoms with Crippen LogP contribution in [0.4, 0.5) is 0 Å². The van der Waals surface area contributed by atoms with E-state index in [2.05, 4.69) is 0 Å². The first-order valence-corrected chi connectivity index (χ1v) is 5.32. The van der Waals surface area contributed by atoms with E-state index in [1.165, 1.54) is 19.1 Å². The van der Waals surface area contributed by atoms with Crippen molar-refractivity contribution >= 4 is 17.5 Å². The van der Waals surface area contributed by atoms with Gasteiger partial charge in [0.05, 0.1) is 0 Å². The molecule has 1 aliphatic carbocycles. The number of hydrogen-bond donors (Lipinski definition) is 1. The maximum atomic E-state index is 12.1. The van der Waals surface area contributed by atoms with Crippen molar-refractivity contribution in [3.05, 3.63) is 58.7 Å². The molecule has 0 fully saturated rings. The number of carbonyl (C=O) groups is 3. The number of carboxylic acids is 1. The maximum Gasteiger partial charge on any atom is 0.331 e. The summed E-state index contributed by atoms with van der Waals surface area (Å²) < 4.78 is 0. The van der Waals surface area contributed by atoms with Crippen LogP contribution in [0.1, 0.15) is 27.6 Å². The standard InChI is InChI=1S/C14H10O4/c1-8(14(17)18)6-9-7-12(15)10-4-2-3-5-11(10)13(9)16/h2-7H,1H3,(H,17,18). The molecule has 0 aromatic heterocycles. The number of hydrogen-bond acceptors (Lipinski definition) is 3. The van der Waals surface area contributed by atoms with Crippen LogP contribution in [0.3, 0.4) is 0 Å². The van der Waals surface area contributed by atoms with Crippen LogP contribution in [0.5, 0.6) is 0 Å². The minimum Gasteiger partial charge on any atom is -0.478 e. The molecule has 4 heteroatoms. The summed E-state index contributed by atoms with van der Waals surface area (Å²) in [4.78, 5) is 34.6. The Bertz CT molecular complexity index is 620. The average molecular weight is 242 g/mol. The molecule has 0 saturated carbocycles. The first-order valence-electron chi connectivity index (χ1n) is 5.32. The summed E-state index contributed by atoms with van der Waals surface area (Å²) in [6.45, 7) is 1.38. The van der Waals surface area contributed by atoms with E-state index in [0.29, 0.717) is 11.1 Å². The molecule has 1 aromatic carbocycles. The monoisotopic (exact) mass is 242 g/mol. The fourth-order valence-electron chi connectivity index (χ4n) is 1.74. The third kappa shape index (κ3) is 2.00. The van der Waals surface area contributed by atoms with E-state index in [0.717, 1.165) is 0 Å². The summed E-state index contributed by atoms with van der Waals surface area (Å²) in [6.07, 6.45) is 2.40. The topological polar surface area (TPSA) is 71.4 Å². The number of rotatable bonds is 2. The number of ketones is 2. The highest BCUT2D eigenvalue weighted by molar-refractivity contribution is 6.25. The molecule has 0 aliphatic heterocycles. The van der Waals surface area contributed by atoms with E-state index in [1.807, 2.05) is 0 Å². The zero-order chi connectivity index (χ0) is 13.3. The molecule has 0 spiro atoms. The van der Waals surface area contributed by atoms with Crippen molar-refractivity contribution in [1.82, 2.24) is 0 Å². The Morgan fingerprint density at radius 2 is 1.78 bits per heavy atom. The molecular weight excluding hydrogens is 232 g/mol. The molecule has 1 aromatic rings. The third-order valence-corrected chi connectivity index (χ3v) is 2.70. The first-order chi connectivity index (χ1) is 8.50. The first kappa shape index (κ1) is 12.0. The summed E-state index contributed by atoms with van der Waals surface area (Å²) in [7, 11) is 0. The number of aliphatic carboxylic acids is 1. The number of allylic oxidation sites excluding steroid dienone is 3. The van der Waals surface area contributed by atoms with Crippen molar-refractivity contribution in [3.8, 4) is 0 Å². The lowest BCUT2D eigenvalue weighted by Crippen LogP contribution is -2.16. The quantitative estimate of drug-likeness (QED) is 0.805. The molecule has 0 bridgehead atoms. The highest BCUT2D eigenvalue weighted by Crippen LogP contribution is 2.22. The number of carboxylic acid groups (broad SMARTS) is 1. The van der Waals surface area contributed by atoms with Gasteiger partial charge in [0.15, 0.2) is 11.6 Å². The van der Waals surface area contributed by atoms with Crippen LogP contribution in [0.25, 0.3) is 0 Å². The van der Waals surface area contributed by atoms with Gasteiger partial charge < -0.3 is 5.11 Å². The van der Waals surface area contributed by atoms with Crippen LogP contribution in [0.15, 0.2) is 47.6 Å². The van der Waals surface area contributed by atoms with Gasteiger partial charge in [0, 0.05) is 22.3 Å². The van der Waals surface area contributed by atoms with Gasteiger partial charge in [0.2, 0.25) is 0 Å². The Balaban J connectivity index is 2.50. The predicted octanol–water partition coefficient (Wildman–Crippen LogP) is 2.02. The normalized spacial score (nSPS) is 15.2. The van der Waals surface area contributed by atoms with Crippen molar-refractivity contribution in [2.24, 2.45) is 0 Å². The van der Waals surface area contributed by atoms with Crippen LogP contribution < -0.4 is 0 Å². The van der Waals surface area contributed by atoms with E-state index < -0.39 is 5.97 Å². The Kier molecular flexibility index (Phi) is 2.93. The van der Waals surface area contributed by atoms with Crippen molar-refractivity contribution in [3.63, 3.8) is 0 Å². The molecule has 2 rings (SSSR count). The second kappa shape index (κ2) is 4.41. The van der Waals surface area contributed by atoms with Gasteiger partial charge in [-0.2, -0.15) is 0 Å². The fourth-order valence-corrected chi connectivity index (χ4v) is 1.74. The molecule has 1 N–H and O–H groups in total. The van der Waals surface area contributed by atoms with E-state index >= 15 is 0 Å². The average Bonchev–Trinajstić information content (AvgIpc) is 2.35. The van der Waals surface area contributed by atoms with Gasteiger partial charge in [-0.1, -0.05) is 24.3 Å². The van der Waals surface area contributed by atoms with E-state index in [9.17, 15) is 14.4 Å². The second-order valence-electron chi connectivity index (χ2n) is 3.97. The van der Waals surface area contributed by atoms with Crippen LogP contribution in [0.2, 0.25) is 0 Å². The van der Waals surface area contributed by atoms with Crippen LogP contribution in [-0.2, 0) is 4.79 Å². The Morgan fingerprint density at radius 3 is 2.39 bits per heavy atom. The van der Waals surface area contributed by atoms with Crippen molar-refractivity contribution in [2.75, 3.05) is 0 Å². The third-order valence-electron chi connectivity index (χ3n) is 2.70. The summed E-state index contributed by atoms with van der Waals surface area (Å²) in [5, 5.41) is 8.77. The fraction of sp³-hybridized carbons (Fsp3) is 0.0714. The number of Topliss-reactive ketones (excluding diaryl/α,β-unsaturated/α-hetero) is 1. The summed E-state index contributed by atoms with van der Waals surface area (Å²) in [5.74, 6) is -1.73. The van der Waals surface area contributed by atoms with Gasteiger partial charge in [-0.25, -0.2) is 4.79 Å². The zero-order valence-corrected chi connectivity index (χ0v) is 9.64. The molecule has 0 saturated heterocycles. The molecule has 1 aliphatic rings. The van der Waals surface area contributed by atoms with Crippen LogP contribution in [0, 0.1) is 0 Å². The van der Waals surface area contributed by atoms with Crippen molar-refractivity contribution in [1.29, 1.82) is 0 Å². The van der Waals surface area contributed by atoms with E-state index in [-0.39, 0.29) is 22.7 Å². The predicted molar refractivity (Wildman–Crippen MR) is 64.6 cm³/mol. The lowest BCUT2D eigenvalue weighted by Gasteiger charge is -2.12. The molecule has 0 radical (unpaired) electrons. The minimum absolute atomic E-state index is 0.0155. The zero-order valence-electron chi connectivity index (χ0n) is 9.64. The highest BCUT2D eigenvalue weighted by Gasteiger charge is 2.24. The van der Waals surface area contributed by atoms with Gasteiger partial charge in [-0.3, -0.25) is 9.59 Å². The summed E-state index contributed by atoms with van der Waals surface area (Å²) in [5.41, 5.74) is 0.794.